The van der Waals surface area contributed by atoms with E-state index in [1.807, 2.05) is 6.07 Å². The predicted molar refractivity (Wildman–Crippen MR) is 83.5 cm³/mol. The first-order valence-electron chi connectivity index (χ1n) is 7.48. The van der Waals surface area contributed by atoms with Gasteiger partial charge in [-0.2, -0.15) is 0 Å². The van der Waals surface area contributed by atoms with Crippen LogP contribution in [0.15, 0.2) is 36.4 Å². The van der Waals surface area contributed by atoms with Gasteiger partial charge in [0.15, 0.2) is 0 Å². The van der Waals surface area contributed by atoms with E-state index in [9.17, 15) is 13.6 Å². The van der Waals surface area contributed by atoms with Crippen molar-refractivity contribution in [3.05, 3.63) is 64.7 Å². The van der Waals surface area contributed by atoms with Crippen molar-refractivity contribution in [1.82, 2.24) is 0 Å². The van der Waals surface area contributed by atoms with Crippen LogP contribution < -0.4 is 4.90 Å². The molecule has 1 heterocycles. The molecule has 0 saturated heterocycles. The van der Waals surface area contributed by atoms with Crippen LogP contribution in [0.25, 0.3) is 0 Å². The Bertz CT molecular complexity index is 746. The summed E-state index contributed by atoms with van der Waals surface area (Å²) in [5, 5.41) is 0. The number of halogens is 2. The number of aryl methyl sites for hydroxylation is 1. The molecule has 1 aliphatic rings. The van der Waals surface area contributed by atoms with E-state index >= 15 is 0 Å². The third kappa shape index (κ3) is 3.10. The number of carbonyl (C=O) groups is 1. The molecule has 23 heavy (non-hydrogen) atoms. The van der Waals surface area contributed by atoms with Crippen molar-refractivity contribution in [3.63, 3.8) is 0 Å². The van der Waals surface area contributed by atoms with Crippen molar-refractivity contribution in [3.8, 4) is 0 Å². The van der Waals surface area contributed by atoms with Crippen LogP contribution in [0.4, 0.5) is 14.5 Å². The van der Waals surface area contributed by atoms with E-state index < -0.39 is 11.6 Å². The van der Waals surface area contributed by atoms with Gasteiger partial charge >= 0.3 is 0 Å². The first-order chi connectivity index (χ1) is 11.1. The highest BCUT2D eigenvalue weighted by atomic mass is 19.1. The zero-order valence-electron chi connectivity index (χ0n) is 12.8. The van der Waals surface area contributed by atoms with Crippen LogP contribution in [0.2, 0.25) is 0 Å². The van der Waals surface area contributed by atoms with Gasteiger partial charge in [-0.05, 0) is 42.2 Å². The van der Waals surface area contributed by atoms with Crippen molar-refractivity contribution in [1.29, 1.82) is 0 Å². The van der Waals surface area contributed by atoms with Gasteiger partial charge in [-0.1, -0.05) is 12.1 Å². The molecule has 0 bridgehead atoms. The van der Waals surface area contributed by atoms with Gasteiger partial charge in [0.05, 0.1) is 12.3 Å². The fourth-order valence-electron chi connectivity index (χ4n) is 2.97. The number of rotatable bonds is 3. The number of hydrogen-bond acceptors (Lipinski definition) is 2. The Hall–Kier alpha value is -2.27. The van der Waals surface area contributed by atoms with Crippen LogP contribution in [0.3, 0.4) is 0 Å². The highest BCUT2D eigenvalue weighted by Gasteiger charge is 2.27. The number of fused-ring (bicyclic) bond motifs is 1. The van der Waals surface area contributed by atoms with Gasteiger partial charge in [0, 0.05) is 25.3 Å². The summed E-state index contributed by atoms with van der Waals surface area (Å²) in [6.07, 6.45) is 1.25. The summed E-state index contributed by atoms with van der Waals surface area (Å²) in [6.45, 7) is 0.820. The molecule has 0 aliphatic carbocycles. The second-order valence-electron chi connectivity index (χ2n) is 5.59. The van der Waals surface area contributed by atoms with Gasteiger partial charge in [0.25, 0.3) is 5.91 Å². The normalized spacial score (nSPS) is 13.8. The van der Waals surface area contributed by atoms with E-state index in [0.29, 0.717) is 37.1 Å². The second kappa shape index (κ2) is 6.46. The van der Waals surface area contributed by atoms with E-state index in [4.69, 9.17) is 4.74 Å². The third-order valence-electron chi connectivity index (χ3n) is 3.93. The lowest BCUT2D eigenvalue weighted by atomic mass is 9.99. The molecule has 0 aromatic heterocycles. The SMILES string of the molecule is COCc1cccc(C(=O)N2CCCc3cc(F)cc(F)c32)c1. The molecule has 0 saturated carbocycles. The summed E-state index contributed by atoms with van der Waals surface area (Å²) in [7, 11) is 1.58. The zero-order chi connectivity index (χ0) is 16.4. The van der Waals surface area contributed by atoms with Crippen LogP contribution in [0.5, 0.6) is 0 Å². The third-order valence-corrected chi connectivity index (χ3v) is 3.93. The van der Waals surface area contributed by atoms with E-state index in [0.717, 1.165) is 11.6 Å². The summed E-state index contributed by atoms with van der Waals surface area (Å²) in [4.78, 5) is 14.2. The molecular formula is C18H17F2NO2. The molecule has 2 aromatic carbocycles. The van der Waals surface area contributed by atoms with Gasteiger partial charge in [0.2, 0.25) is 0 Å². The first-order valence-corrected chi connectivity index (χ1v) is 7.48. The van der Waals surface area contributed by atoms with Crippen molar-refractivity contribution in [2.45, 2.75) is 19.4 Å². The van der Waals surface area contributed by atoms with Crippen LogP contribution in [0, 0.1) is 11.6 Å². The molecule has 0 N–H and O–H groups in total. The van der Waals surface area contributed by atoms with Crippen LogP contribution in [0.1, 0.15) is 27.9 Å². The highest BCUT2D eigenvalue weighted by Crippen LogP contribution is 2.32. The maximum Gasteiger partial charge on any atom is 0.258 e. The minimum Gasteiger partial charge on any atom is -0.380 e. The Kier molecular flexibility index (Phi) is 4.39. The lowest BCUT2D eigenvalue weighted by Crippen LogP contribution is -2.36. The molecular weight excluding hydrogens is 300 g/mol. The molecule has 1 aliphatic heterocycles. The van der Waals surface area contributed by atoms with Crippen molar-refractivity contribution in [2.75, 3.05) is 18.6 Å². The van der Waals surface area contributed by atoms with E-state index in [-0.39, 0.29) is 11.6 Å². The molecule has 0 radical (unpaired) electrons. The summed E-state index contributed by atoms with van der Waals surface area (Å²) >= 11 is 0. The second-order valence-corrected chi connectivity index (χ2v) is 5.59. The molecule has 2 aromatic rings. The minimum atomic E-state index is -0.693. The average Bonchev–Trinajstić information content (AvgIpc) is 2.54. The smallest absolute Gasteiger partial charge is 0.258 e. The largest absolute Gasteiger partial charge is 0.380 e. The molecule has 0 fully saturated rings. The standard InChI is InChI=1S/C18H17F2NO2/c1-23-11-12-4-2-5-14(8-12)18(22)21-7-3-6-13-9-15(19)10-16(20)17(13)21/h2,4-5,8-10H,3,6-7,11H2,1H3. The number of hydrogen-bond donors (Lipinski definition) is 0. The fourth-order valence-corrected chi connectivity index (χ4v) is 2.97. The maximum atomic E-state index is 14.2. The zero-order valence-corrected chi connectivity index (χ0v) is 12.8. The van der Waals surface area contributed by atoms with Gasteiger partial charge in [-0.3, -0.25) is 4.79 Å². The van der Waals surface area contributed by atoms with Crippen molar-refractivity contribution >= 4 is 11.6 Å². The quantitative estimate of drug-likeness (QED) is 0.864. The van der Waals surface area contributed by atoms with Crippen LogP contribution in [-0.4, -0.2) is 19.6 Å². The molecule has 120 valence electrons. The van der Waals surface area contributed by atoms with Gasteiger partial charge in [0.1, 0.15) is 11.6 Å². The lowest BCUT2D eigenvalue weighted by molar-refractivity contribution is 0.0983. The number of benzene rings is 2. The summed E-state index contributed by atoms with van der Waals surface area (Å²) < 4.78 is 32.7. The lowest BCUT2D eigenvalue weighted by Gasteiger charge is -2.30. The van der Waals surface area contributed by atoms with Gasteiger partial charge < -0.3 is 9.64 Å². The fraction of sp³-hybridized carbons (Fsp3) is 0.278. The summed E-state index contributed by atoms with van der Waals surface area (Å²) in [6, 6.07) is 9.19. The Morgan fingerprint density at radius 1 is 1.26 bits per heavy atom. The van der Waals surface area contributed by atoms with E-state index in [1.165, 1.54) is 11.0 Å². The molecule has 3 rings (SSSR count). The van der Waals surface area contributed by atoms with Crippen molar-refractivity contribution < 1.29 is 18.3 Å². The monoisotopic (exact) mass is 317 g/mol. The number of nitrogens with zero attached hydrogens (tertiary/aromatic N) is 1. The molecule has 0 atom stereocenters. The maximum absolute atomic E-state index is 14.2. The van der Waals surface area contributed by atoms with E-state index in [2.05, 4.69) is 0 Å². The number of anilines is 1. The van der Waals surface area contributed by atoms with Crippen LogP contribution >= 0.6 is 0 Å². The predicted octanol–water partition coefficient (Wildman–Crippen LogP) is 3.70. The molecule has 1 amide bonds. The highest BCUT2D eigenvalue weighted by molar-refractivity contribution is 6.06. The van der Waals surface area contributed by atoms with Crippen LogP contribution in [-0.2, 0) is 17.8 Å². The average molecular weight is 317 g/mol. The molecule has 3 nitrogen and oxygen atoms in total. The number of ether oxygens (including phenoxy) is 1. The summed E-state index contributed by atoms with van der Waals surface area (Å²) in [5.74, 6) is -1.59. The molecule has 0 spiro atoms. The number of amides is 1. The Morgan fingerprint density at radius 3 is 2.87 bits per heavy atom. The van der Waals surface area contributed by atoms with Gasteiger partial charge in [-0.15, -0.1) is 0 Å². The number of carbonyl (C=O) groups excluding carboxylic acids is 1. The Morgan fingerprint density at radius 2 is 2.09 bits per heavy atom. The Labute approximate surface area is 133 Å². The number of methoxy groups -OCH3 is 1. The van der Waals surface area contributed by atoms with E-state index in [1.54, 1.807) is 25.3 Å². The topological polar surface area (TPSA) is 29.5 Å². The Balaban J connectivity index is 1.97. The van der Waals surface area contributed by atoms with Gasteiger partial charge in [-0.25, -0.2) is 8.78 Å². The molecule has 0 unspecified atom stereocenters. The first kappa shape index (κ1) is 15.6. The molecule has 5 heteroatoms. The summed E-state index contributed by atoms with van der Waals surface area (Å²) in [5.41, 5.74) is 2.07. The van der Waals surface area contributed by atoms with Crippen molar-refractivity contribution in [2.24, 2.45) is 0 Å². The minimum absolute atomic E-state index is 0.194.